The second kappa shape index (κ2) is 6.02. The van der Waals surface area contributed by atoms with Crippen molar-refractivity contribution in [2.75, 3.05) is 6.54 Å². The van der Waals surface area contributed by atoms with Crippen molar-refractivity contribution in [3.05, 3.63) is 35.9 Å². The van der Waals surface area contributed by atoms with Gasteiger partial charge >= 0.3 is 0 Å². The van der Waals surface area contributed by atoms with Crippen LogP contribution in [0.15, 0.2) is 30.2 Å². The molecule has 5 heteroatoms. The van der Waals surface area contributed by atoms with Gasteiger partial charge < -0.3 is 5.32 Å². The number of thioether (sulfide) groups is 1. The Morgan fingerprint density at radius 3 is 3.00 bits per heavy atom. The highest BCUT2D eigenvalue weighted by molar-refractivity contribution is 8.03. The number of aromatic nitrogens is 2. The molecular weight excluding hydrogens is 232 g/mol. The molecule has 0 fully saturated rings. The molecule has 2 N–H and O–H groups in total. The maximum atomic E-state index is 4.38. The summed E-state index contributed by atoms with van der Waals surface area (Å²) in [7, 11) is 0. The molecule has 0 saturated carbocycles. The van der Waals surface area contributed by atoms with Crippen LogP contribution in [0.3, 0.4) is 0 Å². The molecule has 1 aliphatic rings. The van der Waals surface area contributed by atoms with E-state index in [0.29, 0.717) is 0 Å². The van der Waals surface area contributed by atoms with Crippen LogP contribution in [0.2, 0.25) is 0 Å². The SMILES string of the molecule is CCCCCNC1(c2cnccn2)NC=CS1. The first-order valence-electron chi connectivity index (χ1n) is 5.99. The highest BCUT2D eigenvalue weighted by Crippen LogP contribution is 2.34. The third-order valence-electron chi connectivity index (χ3n) is 2.68. The van der Waals surface area contributed by atoms with Crippen LogP contribution < -0.4 is 10.6 Å². The summed E-state index contributed by atoms with van der Waals surface area (Å²) in [5.41, 5.74) is 0.923. The Kier molecular flexibility index (Phi) is 4.39. The van der Waals surface area contributed by atoms with Gasteiger partial charge in [0.15, 0.2) is 4.99 Å². The van der Waals surface area contributed by atoms with Crippen LogP contribution in [0.25, 0.3) is 0 Å². The van der Waals surface area contributed by atoms with Gasteiger partial charge in [-0.05, 0) is 18.4 Å². The highest BCUT2D eigenvalue weighted by atomic mass is 32.2. The van der Waals surface area contributed by atoms with Crippen molar-refractivity contribution in [3.8, 4) is 0 Å². The summed E-state index contributed by atoms with van der Waals surface area (Å²) in [5.74, 6) is 0. The Bertz CT molecular complexity index is 358. The van der Waals surface area contributed by atoms with E-state index in [1.807, 2.05) is 11.6 Å². The molecule has 0 aromatic carbocycles. The molecule has 1 atom stereocenters. The third-order valence-corrected chi connectivity index (χ3v) is 3.77. The number of rotatable bonds is 6. The largest absolute Gasteiger partial charge is 0.359 e. The fraction of sp³-hybridized carbons (Fsp3) is 0.500. The summed E-state index contributed by atoms with van der Waals surface area (Å²) < 4.78 is 0. The van der Waals surface area contributed by atoms with Crippen LogP contribution in [-0.2, 0) is 4.99 Å². The van der Waals surface area contributed by atoms with Gasteiger partial charge in [-0.2, -0.15) is 0 Å². The zero-order valence-corrected chi connectivity index (χ0v) is 10.8. The van der Waals surface area contributed by atoms with E-state index in [4.69, 9.17) is 0 Å². The average molecular weight is 250 g/mol. The minimum absolute atomic E-state index is 0.331. The van der Waals surface area contributed by atoms with Crippen LogP contribution in [0.5, 0.6) is 0 Å². The van der Waals surface area contributed by atoms with Crippen molar-refractivity contribution in [1.29, 1.82) is 0 Å². The molecule has 1 aromatic heterocycles. The summed E-state index contributed by atoms with van der Waals surface area (Å²) in [6.45, 7) is 3.19. The van der Waals surface area contributed by atoms with E-state index in [9.17, 15) is 0 Å². The van der Waals surface area contributed by atoms with E-state index >= 15 is 0 Å². The predicted octanol–water partition coefficient (Wildman–Crippen LogP) is 2.17. The van der Waals surface area contributed by atoms with Crippen molar-refractivity contribution in [1.82, 2.24) is 20.6 Å². The van der Waals surface area contributed by atoms with Gasteiger partial charge in [0.2, 0.25) is 0 Å². The Morgan fingerprint density at radius 1 is 1.41 bits per heavy atom. The van der Waals surface area contributed by atoms with E-state index < -0.39 is 0 Å². The van der Waals surface area contributed by atoms with Crippen molar-refractivity contribution in [3.63, 3.8) is 0 Å². The zero-order chi connectivity index (χ0) is 12.0. The second-order valence-corrected chi connectivity index (χ2v) is 5.09. The number of unbranched alkanes of at least 4 members (excludes halogenated alkanes) is 2. The van der Waals surface area contributed by atoms with Crippen LogP contribution in [0.4, 0.5) is 0 Å². The molecule has 4 nitrogen and oxygen atoms in total. The fourth-order valence-electron chi connectivity index (χ4n) is 1.76. The van der Waals surface area contributed by atoms with Gasteiger partial charge in [-0.1, -0.05) is 31.5 Å². The van der Waals surface area contributed by atoms with E-state index in [1.54, 1.807) is 30.4 Å². The molecule has 0 bridgehead atoms. The van der Waals surface area contributed by atoms with Crippen LogP contribution in [0, 0.1) is 0 Å². The summed E-state index contributed by atoms with van der Waals surface area (Å²) in [4.78, 5) is 8.19. The summed E-state index contributed by atoms with van der Waals surface area (Å²) >= 11 is 1.70. The van der Waals surface area contributed by atoms with Crippen molar-refractivity contribution >= 4 is 11.8 Å². The van der Waals surface area contributed by atoms with Gasteiger partial charge in [0.1, 0.15) is 5.69 Å². The lowest BCUT2D eigenvalue weighted by Gasteiger charge is -2.29. The zero-order valence-electron chi connectivity index (χ0n) is 10.0. The molecule has 0 saturated heterocycles. The molecule has 1 aromatic rings. The number of nitrogens with zero attached hydrogens (tertiary/aromatic N) is 2. The summed E-state index contributed by atoms with van der Waals surface area (Å²) in [5, 5.41) is 8.91. The molecule has 17 heavy (non-hydrogen) atoms. The molecule has 1 unspecified atom stereocenters. The molecule has 2 heterocycles. The molecule has 0 spiro atoms. The first-order chi connectivity index (χ1) is 8.37. The fourth-order valence-corrected chi connectivity index (χ4v) is 2.65. The van der Waals surface area contributed by atoms with Gasteiger partial charge in [0.25, 0.3) is 0 Å². The monoisotopic (exact) mass is 250 g/mol. The Labute approximate surface area is 106 Å². The molecule has 0 aliphatic carbocycles. The van der Waals surface area contributed by atoms with Crippen molar-refractivity contribution in [2.45, 2.75) is 31.2 Å². The first kappa shape index (κ1) is 12.4. The van der Waals surface area contributed by atoms with Crippen molar-refractivity contribution in [2.24, 2.45) is 0 Å². The molecule has 0 radical (unpaired) electrons. The highest BCUT2D eigenvalue weighted by Gasteiger charge is 2.34. The lowest BCUT2D eigenvalue weighted by atomic mass is 10.2. The van der Waals surface area contributed by atoms with Gasteiger partial charge in [0.05, 0.1) is 6.20 Å². The quantitative estimate of drug-likeness (QED) is 0.758. The lowest BCUT2D eigenvalue weighted by Crippen LogP contribution is -2.48. The third kappa shape index (κ3) is 2.98. The van der Waals surface area contributed by atoms with E-state index in [1.165, 1.54) is 19.3 Å². The molecular formula is C12H18N4S. The maximum absolute atomic E-state index is 4.38. The molecule has 92 valence electrons. The van der Waals surface area contributed by atoms with E-state index in [0.717, 1.165) is 12.2 Å². The number of nitrogens with one attached hydrogen (secondary N) is 2. The Hall–Kier alpha value is -1.07. The van der Waals surface area contributed by atoms with Gasteiger partial charge in [-0.25, -0.2) is 0 Å². The average Bonchev–Trinajstić information content (AvgIpc) is 2.86. The van der Waals surface area contributed by atoms with E-state index in [-0.39, 0.29) is 4.99 Å². The van der Waals surface area contributed by atoms with Crippen LogP contribution in [-0.4, -0.2) is 16.5 Å². The molecule has 2 rings (SSSR count). The normalized spacial score (nSPS) is 22.6. The predicted molar refractivity (Wildman–Crippen MR) is 71.1 cm³/mol. The van der Waals surface area contributed by atoms with Gasteiger partial charge in [0, 0.05) is 18.6 Å². The summed E-state index contributed by atoms with van der Waals surface area (Å²) in [6, 6.07) is 0. The van der Waals surface area contributed by atoms with E-state index in [2.05, 4.69) is 27.5 Å². The maximum Gasteiger partial charge on any atom is 0.186 e. The van der Waals surface area contributed by atoms with Crippen molar-refractivity contribution < 1.29 is 0 Å². The topological polar surface area (TPSA) is 49.8 Å². The number of hydrogen-bond acceptors (Lipinski definition) is 5. The van der Waals surface area contributed by atoms with Crippen LogP contribution in [0.1, 0.15) is 31.9 Å². The standard InChI is InChI=1S/C12H18N4S/c1-2-3-4-5-15-12(16-8-9-17-12)11-10-13-6-7-14-11/h6-10,15-16H,2-5H2,1H3. The first-order valence-corrected chi connectivity index (χ1v) is 6.87. The minimum atomic E-state index is -0.331. The summed E-state index contributed by atoms with van der Waals surface area (Å²) in [6.07, 6.45) is 10.8. The smallest absolute Gasteiger partial charge is 0.186 e. The molecule has 1 aliphatic heterocycles. The minimum Gasteiger partial charge on any atom is -0.359 e. The van der Waals surface area contributed by atoms with Gasteiger partial charge in [-0.3, -0.25) is 15.3 Å². The Balaban J connectivity index is 2.01. The van der Waals surface area contributed by atoms with Crippen LogP contribution >= 0.6 is 11.8 Å². The molecule has 0 amide bonds. The Morgan fingerprint density at radius 2 is 2.35 bits per heavy atom. The lowest BCUT2D eigenvalue weighted by molar-refractivity contribution is 0.426. The number of hydrogen-bond donors (Lipinski definition) is 2. The van der Waals surface area contributed by atoms with Gasteiger partial charge in [-0.15, -0.1) is 0 Å². The second-order valence-electron chi connectivity index (χ2n) is 3.97.